The second-order valence-electron chi connectivity index (χ2n) is 8.38. The summed E-state index contributed by atoms with van der Waals surface area (Å²) in [6, 6.07) is 14.8. The molecule has 166 valence electrons. The molecule has 7 rings (SSSR count). The van der Waals surface area contributed by atoms with Crippen LogP contribution in [0.3, 0.4) is 0 Å². The van der Waals surface area contributed by atoms with E-state index in [-0.39, 0.29) is 33.8 Å². The normalized spacial score (nSPS) is 12.9. The summed E-state index contributed by atoms with van der Waals surface area (Å²) in [5.74, 6) is -1.29. The van der Waals surface area contributed by atoms with E-state index >= 15 is 0 Å². The van der Waals surface area contributed by atoms with E-state index in [1.54, 1.807) is 18.5 Å². The van der Waals surface area contributed by atoms with Gasteiger partial charge in [0.1, 0.15) is 17.3 Å². The van der Waals surface area contributed by atoms with Crippen molar-refractivity contribution in [2.24, 2.45) is 0 Å². The molecule has 1 aliphatic carbocycles. The predicted octanol–water partition coefficient (Wildman–Crippen LogP) is 4.51. The topological polar surface area (TPSA) is 129 Å². The van der Waals surface area contributed by atoms with Crippen molar-refractivity contribution in [3.05, 3.63) is 89.2 Å². The summed E-state index contributed by atoms with van der Waals surface area (Å²) in [5, 5.41) is 22.6. The van der Waals surface area contributed by atoms with Crippen molar-refractivity contribution in [2.45, 2.75) is 0 Å². The molecule has 3 heterocycles. The van der Waals surface area contributed by atoms with Crippen LogP contribution in [0.4, 0.5) is 0 Å². The Kier molecular flexibility index (Phi) is 3.71. The van der Waals surface area contributed by atoms with Crippen LogP contribution in [0.1, 0.15) is 31.8 Å². The highest BCUT2D eigenvalue weighted by Gasteiger charge is 2.34. The highest BCUT2D eigenvalue weighted by Crippen LogP contribution is 2.40. The van der Waals surface area contributed by atoms with Gasteiger partial charge >= 0.3 is 0 Å². The van der Waals surface area contributed by atoms with Gasteiger partial charge in [-0.3, -0.25) is 19.6 Å². The Morgan fingerprint density at radius 2 is 1.40 bits per heavy atom. The van der Waals surface area contributed by atoms with Crippen molar-refractivity contribution in [3.8, 4) is 22.9 Å². The van der Waals surface area contributed by atoms with Crippen LogP contribution in [0, 0.1) is 0 Å². The quantitative estimate of drug-likeness (QED) is 0.309. The van der Waals surface area contributed by atoms with E-state index in [4.69, 9.17) is 4.98 Å². The first-order valence-corrected chi connectivity index (χ1v) is 10.8. The Balaban J connectivity index is 1.50. The van der Waals surface area contributed by atoms with Gasteiger partial charge in [0.25, 0.3) is 0 Å². The summed E-state index contributed by atoms with van der Waals surface area (Å²) in [5.41, 5.74) is 3.24. The molecule has 8 heteroatoms. The first-order chi connectivity index (χ1) is 17.0. The molecule has 0 atom stereocenters. The minimum Gasteiger partial charge on any atom is -0.507 e. The Hall–Kier alpha value is -5.11. The fourth-order valence-corrected chi connectivity index (χ4v) is 4.90. The first kappa shape index (κ1) is 19.4. The summed E-state index contributed by atoms with van der Waals surface area (Å²) in [7, 11) is 0. The van der Waals surface area contributed by atoms with Gasteiger partial charge in [0.2, 0.25) is 5.78 Å². The minimum atomic E-state index is -0.601. The van der Waals surface area contributed by atoms with Gasteiger partial charge in [-0.05, 0) is 42.5 Å². The second-order valence-corrected chi connectivity index (χ2v) is 8.38. The lowest BCUT2D eigenvalue weighted by Gasteiger charge is -2.19. The molecule has 35 heavy (non-hydrogen) atoms. The number of nitrogens with one attached hydrogen (secondary N) is 1. The van der Waals surface area contributed by atoms with Crippen molar-refractivity contribution in [3.63, 3.8) is 0 Å². The van der Waals surface area contributed by atoms with Crippen LogP contribution in [0.25, 0.3) is 44.2 Å². The van der Waals surface area contributed by atoms with E-state index in [1.807, 2.05) is 24.3 Å². The van der Waals surface area contributed by atoms with E-state index in [1.165, 1.54) is 24.3 Å². The molecule has 3 N–H and O–H groups in total. The van der Waals surface area contributed by atoms with Crippen molar-refractivity contribution in [1.29, 1.82) is 0 Å². The van der Waals surface area contributed by atoms with Crippen LogP contribution >= 0.6 is 0 Å². The predicted molar refractivity (Wildman–Crippen MR) is 129 cm³/mol. The van der Waals surface area contributed by atoms with Crippen LogP contribution in [-0.2, 0) is 0 Å². The molecule has 3 aromatic carbocycles. The molecule has 0 saturated carbocycles. The molecule has 0 unspecified atom stereocenters. The molecule has 0 fully saturated rings. The zero-order valence-electron chi connectivity index (χ0n) is 17.9. The maximum Gasteiger partial charge on any atom is 0.201 e. The van der Waals surface area contributed by atoms with Gasteiger partial charge < -0.3 is 15.2 Å². The van der Waals surface area contributed by atoms with Gasteiger partial charge in [-0.1, -0.05) is 12.1 Å². The van der Waals surface area contributed by atoms with Gasteiger partial charge in [-0.25, -0.2) is 4.98 Å². The number of carbonyl (C=O) groups excluding carboxylic acids is 2. The molecular formula is C27H14N4O4. The molecule has 6 aromatic rings. The van der Waals surface area contributed by atoms with E-state index in [9.17, 15) is 19.8 Å². The number of hydrogen-bond donors (Lipinski definition) is 3. The SMILES string of the molecule is O=C1c2cccc(O)c2C(=O)c2c(O)cc(-c3nc4c5cccnc5c5ncccc5c4[nH]3)cc21. The Bertz CT molecular complexity index is 1850. The number of ketones is 2. The van der Waals surface area contributed by atoms with Crippen molar-refractivity contribution < 1.29 is 19.8 Å². The van der Waals surface area contributed by atoms with E-state index in [0.717, 1.165) is 27.3 Å². The maximum atomic E-state index is 13.2. The van der Waals surface area contributed by atoms with Crippen molar-refractivity contribution in [2.75, 3.05) is 0 Å². The number of carbonyl (C=O) groups is 2. The van der Waals surface area contributed by atoms with Crippen LogP contribution in [0.2, 0.25) is 0 Å². The number of fused-ring (bicyclic) bond motifs is 8. The third-order valence-corrected chi connectivity index (χ3v) is 6.44. The number of phenols is 2. The zero-order chi connectivity index (χ0) is 23.8. The van der Waals surface area contributed by atoms with E-state index < -0.39 is 11.6 Å². The number of aromatic amines is 1. The molecule has 0 bridgehead atoms. The van der Waals surface area contributed by atoms with Crippen molar-refractivity contribution in [1.82, 2.24) is 19.9 Å². The van der Waals surface area contributed by atoms with Crippen LogP contribution in [0.15, 0.2) is 67.0 Å². The van der Waals surface area contributed by atoms with Gasteiger partial charge in [0, 0.05) is 39.9 Å². The number of aromatic hydroxyl groups is 2. The summed E-state index contributed by atoms with van der Waals surface area (Å²) < 4.78 is 0. The van der Waals surface area contributed by atoms with Gasteiger partial charge in [-0.15, -0.1) is 0 Å². The number of phenolic OH excluding ortho intramolecular Hbond substituents is 2. The largest absolute Gasteiger partial charge is 0.507 e. The molecule has 0 saturated heterocycles. The summed E-state index contributed by atoms with van der Waals surface area (Å²) in [4.78, 5) is 43.4. The number of H-pyrrole nitrogens is 1. The number of imidazole rings is 1. The number of hydrogen-bond acceptors (Lipinski definition) is 7. The highest BCUT2D eigenvalue weighted by molar-refractivity contribution is 6.30. The summed E-state index contributed by atoms with van der Waals surface area (Å²) >= 11 is 0. The van der Waals surface area contributed by atoms with Gasteiger partial charge in [0.05, 0.1) is 33.2 Å². The van der Waals surface area contributed by atoms with Crippen LogP contribution in [-0.4, -0.2) is 41.7 Å². The monoisotopic (exact) mass is 458 g/mol. The highest BCUT2D eigenvalue weighted by atomic mass is 16.3. The average molecular weight is 458 g/mol. The Labute approximate surface area is 196 Å². The molecule has 3 aromatic heterocycles. The maximum absolute atomic E-state index is 13.2. The molecule has 0 spiro atoms. The Morgan fingerprint density at radius 3 is 2.20 bits per heavy atom. The number of aromatic nitrogens is 4. The van der Waals surface area contributed by atoms with Crippen LogP contribution < -0.4 is 0 Å². The third kappa shape index (κ3) is 2.53. The van der Waals surface area contributed by atoms with E-state index in [2.05, 4.69) is 15.0 Å². The number of rotatable bonds is 1. The van der Waals surface area contributed by atoms with Gasteiger partial charge in [-0.2, -0.15) is 0 Å². The lowest BCUT2D eigenvalue weighted by Crippen LogP contribution is -2.21. The number of pyridine rings is 2. The lowest BCUT2D eigenvalue weighted by atomic mass is 9.82. The average Bonchev–Trinajstić information content (AvgIpc) is 3.33. The van der Waals surface area contributed by atoms with E-state index in [0.29, 0.717) is 16.9 Å². The second kappa shape index (κ2) is 6.71. The molecule has 0 radical (unpaired) electrons. The fourth-order valence-electron chi connectivity index (χ4n) is 4.90. The van der Waals surface area contributed by atoms with Gasteiger partial charge in [0.15, 0.2) is 5.78 Å². The Morgan fingerprint density at radius 1 is 0.686 bits per heavy atom. The molecule has 1 aliphatic rings. The fraction of sp³-hybridized carbons (Fsp3) is 0. The molecule has 0 aliphatic heterocycles. The summed E-state index contributed by atoms with van der Waals surface area (Å²) in [6.07, 6.45) is 3.41. The van der Waals surface area contributed by atoms with Crippen LogP contribution in [0.5, 0.6) is 11.5 Å². The summed E-state index contributed by atoms with van der Waals surface area (Å²) in [6.45, 7) is 0. The lowest BCUT2D eigenvalue weighted by molar-refractivity contribution is 0.0974. The zero-order valence-corrected chi connectivity index (χ0v) is 17.9. The van der Waals surface area contributed by atoms with Crippen molar-refractivity contribution >= 4 is 44.4 Å². The third-order valence-electron chi connectivity index (χ3n) is 6.44. The first-order valence-electron chi connectivity index (χ1n) is 10.8. The minimum absolute atomic E-state index is 0.0570. The standard InChI is InChI=1S/C27H14N4O4/c32-17-7-1-4-13-19(17)26(35)20-16(25(13)34)10-12(11-18(20)33)27-30-23-14-5-2-8-28-21(14)22-15(24(23)31-27)6-3-9-29-22/h1-11,32-33H,(H,30,31). The smallest absolute Gasteiger partial charge is 0.201 e. The number of nitrogens with zero attached hydrogens (tertiary/aromatic N) is 3. The molecule has 8 nitrogen and oxygen atoms in total. The molecule has 0 amide bonds. The number of benzene rings is 3. The molecular weight excluding hydrogens is 444 g/mol.